The molecule has 0 bridgehead atoms. The van der Waals surface area contributed by atoms with Gasteiger partial charge in [-0.05, 0) is 62.4 Å². The van der Waals surface area contributed by atoms with Crippen molar-refractivity contribution in [2.45, 2.75) is 26.2 Å². The second-order valence-electron chi connectivity index (χ2n) is 4.79. The summed E-state index contributed by atoms with van der Waals surface area (Å²) in [5.41, 5.74) is 2.17. The van der Waals surface area contributed by atoms with Gasteiger partial charge < -0.3 is 10.1 Å². The molecule has 0 radical (unpaired) electrons. The van der Waals surface area contributed by atoms with Crippen LogP contribution in [-0.4, -0.2) is 20.2 Å². The van der Waals surface area contributed by atoms with Gasteiger partial charge in [-0.1, -0.05) is 0 Å². The number of methoxy groups -OCH3 is 1. The van der Waals surface area contributed by atoms with Crippen molar-refractivity contribution in [3.8, 4) is 5.75 Å². The van der Waals surface area contributed by atoms with E-state index in [0.29, 0.717) is 11.7 Å². The van der Waals surface area contributed by atoms with E-state index in [9.17, 15) is 4.39 Å². The first-order valence-electron chi connectivity index (χ1n) is 6.24. The zero-order valence-electron chi connectivity index (χ0n) is 10.6. The predicted octanol–water partition coefficient (Wildman–Crippen LogP) is 2.68. The van der Waals surface area contributed by atoms with Crippen molar-refractivity contribution in [3.05, 3.63) is 29.1 Å². The minimum atomic E-state index is -0.198. The molecule has 0 aromatic heterocycles. The molecule has 1 saturated heterocycles. The summed E-state index contributed by atoms with van der Waals surface area (Å²) >= 11 is 0. The van der Waals surface area contributed by atoms with E-state index in [4.69, 9.17) is 4.74 Å². The van der Waals surface area contributed by atoms with E-state index in [1.165, 1.54) is 18.9 Å². The third-order valence-corrected chi connectivity index (χ3v) is 3.62. The van der Waals surface area contributed by atoms with E-state index in [1.54, 1.807) is 13.2 Å². The molecule has 3 heteroatoms. The molecule has 2 rings (SSSR count). The van der Waals surface area contributed by atoms with Crippen LogP contribution in [0.4, 0.5) is 4.39 Å². The molecule has 0 aliphatic carbocycles. The van der Waals surface area contributed by atoms with Crippen LogP contribution in [0.25, 0.3) is 0 Å². The Morgan fingerprint density at radius 1 is 1.35 bits per heavy atom. The normalized spacial score (nSPS) is 17.1. The molecular formula is C14H20FNO. The van der Waals surface area contributed by atoms with E-state index in [-0.39, 0.29) is 5.82 Å². The van der Waals surface area contributed by atoms with Crippen molar-refractivity contribution in [2.75, 3.05) is 20.2 Å². The Bertz CT molecular complexity index is 386. The summed E-state index contributed by atoms with van der Waals surface area (Å²) in [7, 11) is 1.59. The molecule has 0 atom stereocenters. The first-order valence-corrected chi connectivity index (χ1v) is 6.24. The monoisotopic (exact) mass is 237 g/mol. The van der Waals surface area contributed by atoms with Crippen molar-refractivity contribution >= 4 is 0 Å². The predicted molar refractivity (Wildman–Crippen MR) is 67.0 cm³/mol. The van der Waals surface area contributed by atoms with Gasteiger partial charge in [0.25, 0.3) is 0 Å². The van der Waals surface area contributed by atoms with Gasteiger partial charge in [-0.15, -0.1) is 0 Å². The largest absolute Gasteiger partial charge is 0.496 e. The summed E-state index contributed by atoms with van der Waals surface area (Å²) in [6.07, 6.45) is 3.32. The Morgan fingerprint density at radius 2 is 2.06 bits per heavy atom. The molecule has 1 aromatic rings. The molecule has 1 heterocycles. The number of rotatable bonds is 3. The molecule has 1 aromatic carbocycles. The second-order valence-corrected chi connectivity index (χ2v) is 4.79. The standard InChI is InChI=1S/C14H20FNO/c1-10-12(7-11-3-5-16-6-4-11)8-13(15)9-14(10)17-2/h8-9,11,16H,3-7H2,1-2H3. The molecule has 1 aliphatic heterocycles. The highest BCUT2D eigenvalue weighted by Crippen LogP contribution is 2.27. The van der Waals surface area contributed by atoms with Gasteiger partial charge in [0, 0.05) is 6.07 Å². The molecular weight excluding hydrogens is 217 g/mol. The fourth-order valence-electron chi connectivity index (χ4n) is 2.53. The fraction of sp³-hybridized carbons (Fsp3) is 0.571. The van der Waals surface area contributed by atoms with Crippen LogP contribution in [0.3, 0.4) is 0 Å². The van der Waals surface area contributed by atoms with E-state index in [2.05, 4.69) is 5.32 Å². The summed E-state index contributed by atoms with van der Waals surface area (Å²) < 4.78 is 18.7. The Balaban J connectivity index is 2.16. The van der Waals surface area contributed by atoms with Crippen LogP contribution in [0.5, 0.6) is 5.75 Å². The molecule has 1 N–H and O–H groups in total. The summed E-state index contributed by atoms with van der Waals surface area (Å²) in [5.74, 6) is 1.13. The van der Waals surface area contributed by atoms with Gasteiger partial charge in [0.2, 0.25) is 0 Å². The smallest absolute Gasteiger partial charge is 0.127 e. The summed E-state index contributed by atoms with van der Waals surface area (Å²) in [4.78, 5) is 0. The highest BCUT2D eigenvalue weighted by molar-refractivity contribution is 5.40. The third kappa shape index (κ3) is 2.97. The maximum Gasteiger partial charge on any atom is 0.127 e. The lowest BCUT2D eigenvalue weighted by Gasteiger charge is -2.23. The zero-order valence-corrected chi connectivity index (χ0v) is 10.6. The Kier molecular flexibility index (Phi) is 4.00. The van der Waals surface area contributed by atoms with Gasteiger partial charge in [-0.2, -0.15) is 0 Å². The number of hydrogen-bond donors (Lipinski definition) is 1. The SMILES string of the molecule is COc1cc(F)cc(CC2CCNCC2)c1C. The molecule has 0 spiro atoms. The topological polar surface area (TPSA) is 21.3 Å². The van der Waals surface area contributed by atoms with Gasteiger partial charge in [-0.3, -0.25) is 0 Å². The minimum absolute atomic E-state index is 0.198. The zero-order chi connectivity index (χ0) is 12.3. The molecule has 1 aliphatic rings. The van der Waals surface area contributed by atoms with Gasteiger partial charge in [0.05, 0.1) is 7.11 Å². The summed E-state index contributed by atoms with van der Waals surface area (Å²) in [6.45, 7) is 4.17. The van der Waals surface area contributed by atoms with Gasteiger partial charge in [0.1, 0.15) is 11.6 Å². The Morgan fingerprint density at radius 3 is 2.71 bits per heavy atom. The van der Waals surface area contributed by atoms with Crippen molar-refractivity contribution in [1.82, 2.24) is 5.32 Å². The molecule has 0 saturated carbocycles. The number of hydrogen-bond acceptors (Lipinski definition) is 2. The second kappa shape index (κ2) is 5.50. The number of benzene rings is 1. The van der Waals surface area contributed by atoms with Crippen LogP contribution in [-0.2, 0) is 6.42 Å². The third-order valence-electron chi connectivity index (χ3n) is 3.62. The highest BCUT2D eigenvalue weighted by atomic mass is 19.1. The number of ether oxygens (including phenoxy) is 1. The first-order chi connectivity index (χ1) is 8.20. The van der Waals surface area contributed by atoms with Gasteiger partial charge >= 0.3 is 0 Å². The lowest BCUT2D eigenvalue weighted by atomic mass is 9.89. The van der Waals surface area contributed by atoms with E-state index in [0.717, 1.165) is 30.6 Å². The highest BCUT2D eigenvalue weighted by Gasteiger charge is 2.16. The molecule has 0 unspecified atom stereocenters. The maximum absolute atomic E-state index is 13.5. The average Bonchev–Trinajstić information content (AvgIpc) is 2.34. The van der Waals surface area contributed by atoms with E-state index < -0.39 is 0 Å². The first kappa shape index (κ1) is 12.4. The van der Waals surface area contributed by atoms with Crippen LogP contribution in [0.2, 0.25) is 0 Å². The molecule has 1 fully saturated rings. The van der Waals surface area contributed by atoms with Crippen molar-refractivity contribution in [1.29, 1.82) is 0 Å². The lowest BCUT2D eigenvalue weighted by Crippen LogP contribution is -2.28. The van der Waals surface area contributed by atoms with Crippen LogP contribution in [0.1, 0.15) is 24.0 Å². The van der Waals surface area contributed by atoms with Crippen molar-refractivity contribution in [2.24, 2.45) is 5.92 Å². The van der Waals surface area contributed by atoms with E-state index >= 15 is 0 Å². The molecule has 17 heavy (non-hydrogen) atoms. The number of piperidine rings is 1. The number of nitrogens with one attached hydrogen (secondary N) is 1. The van der Waals surface area contributed by atoms with Gasteiger partial charge in [0.15, 0.2) is 0 Å². The quantitative estimate of drug-likeness (QED) is 0.872. The fourth-order valence-corrected chi connectivity index (χ4v) is 2.53. The summed E-state index contributed by atoms with van der Waals surface area (Å²) in [6, 6.07) is 3.11. The van der Waals surface area contributed by atoms with Crippen LogP contribution in [0, 0.1) is 18.7 Å². The van der Waals surface area contributed by atoms with Crippen LogP contribution in [0.15, 0.2) is 12.1 Å². The van der Waals surface area contributed by atoms with Crippen molar-refractivity contribution < 1.29 is 9.13 Å². The van der Waals surface area contributed by atoms with Crippen LogP contribution >= 0.6 is 0 Å². The average molecular weight is 237 g/mol. The molecule has 2 nitrogen and oxygen atoms in total. The van der Waals surface area contributed by atoms with Crippen LogP contribution < -0.4 is 10.1 Å². The van der Waals surface area contributed by atoms with E-state index in [1.807, 2.05) is 6.92 Å². The molecule has 0 amide bonds. The van der Waals surface area contributed by atoms with Crippen molar-refractivity contribution in [3.63, 3.8) is 0 Å². The maximum atomic E-state index is 13.5. The Hall–Kier alpha value is -1.09. The summed E-state index contributed by atoms with van der Waals surface area (Å²) in [5, 5.41) is 3.35. The Labute approximate surface area is 102 Å². The number of halogens is 1. The lowest BCUT2D eigenvalue weighted by molar-refractivity contribution is 0.369. The molecule has 94 valence electrons. The minimum Gasteiger partial charge on any atom is -0.496 e. The van der Waals surface area contributed by atoms with Gasteiger partial charge in [-0.25, -0.2) is 4.39 Å².